The highest BCUT2D eigenvalue weighted by molar-refractivity contribution is 7.89. The van der Waals surface area contributed by atoms with Gasteiger partial charge in [0.15, 0.2) is 0 Å². The molecule has 2 aromatic carbocycles. The van der Waals surface area contributed by atoms with Crippen molar-refractivity contribution in [3.63, 3.8) is 0 Å². The van der Waals surface area contributed by atoms with E-state index in [-0.39, 0.29) is 24.0 Å². The average Bonchev–Trinajstić information content (AvgIpc) is 2.77. The zero-order valence-electron chi connectivity index (χ0n) is 18.0. The monoisotopic (exact) mass is 449 g/mol. The summed E-state index contributed by atoms with van der Waals surface area (Å²) < 4.78 is 38.2. The van der Waals surface area contributed by atoms with Gasteiger partial charge in [-0.15, -0.1) is 0 Å². The SMILES string of the molecule is COCCCOc1ccc([C@H]2C[C@@H](CO)N(S(=O)(=O)c3ccc(C)cc3)C[C@@H]2O)cc1. The van der Waals surface area contributed by atoms with Crippen LogP contribution in [0.25, 0.3) is 0 Å². The predicted molar refractivity (Wildman–Crippen MR) is 118 cm³/mol. The highest BCUT2D eigenvalue weighted by Crippen LogP contribution is 2.35. The molecule has 0 bridgehead atoms. The molecule has 1 aliphatic rings. The number of methoxy groups -OCH3 is 1. The molecule has 31 heavy (non-hydrogen) atoms. The number of β-amino-alcohol motifs (C(OH)–C–C–N with tert-alkyl or cyclic N) is 1. The van der Waals surface area contributed by atoms with E-state index < -0.39 is 22.2 Å². The third-order valence-electron chi connectivity index (χ3n) is 5.67. The van der Waals surface area contributed by atoms with E-state index in [1.54, 1.807) is 31.4 Å². The van der Waals surface area contributed by atoms with Crippen molar-refractivity contribution < 1.29 is 28.1 Å². The van der Waals surface area contributed by atoms with Gasteiger partial charge in [0.2, 0.25) is 10.0 Å². The molecule has 2 N–H and O–H groups in total. The van der Waals surface area contributed by atoms with Crippen LogP contribution in [-0.4, -0.2) is 68.6 Å². The lowest BCUT2D eigenvalue weighted by Crippen LogP contribution is -2.52. The molecular weight excluding hydrogens is 418 g/mol. The molecule has 0 amide bonds. The number of aliphatic hydroxyl groups is 2. The van der Waals surface area contributed by atoms with Crippen molar-refractivity contribution in [3.8, 4) is 5.75 Å². The van der Waals surface area contributed by atoms with Crippen LogP contribution in [0.1, 0.15) is 29.9 Å². The third kappa shape index (κ3) is 5.64. The summed E-state index contributed by atoms with van der Waals surface area (Å²) in [6.45, 7) is 2.70. The second kappa shape index (κ2) is 10.6. The predicted octanol–water partition coefficient (Wildman–Crippen LogP) is 2.31. The van der Waals surface area contributed by atoms with Gasteiger partial charge in [-0.3, -0.25) is 0 Å². The normalized spacial score (nSPS) is 22.4. The fraction of sp³-hybridized carbons (Fsp3) is 0.478. The van der Waals surface area contributed by atoms with Crippen molar-refractivity contribution in [2.75, 3.05) is 33.5 Å². The second-order valence-electron chi connectivity index (χ2n) is 7.90. The second-order valence-corrected chi connectivity index (χ2v) is 9.79. The van der Waals surface area contributed by atoms with Gasteiger partial charge in [-0.2, -0.15) is 4.31 Å². The number of sulfonamides is 1. The lowest BCUT2D eigenvalue weighted by molar-refractivity contribution is 0.0405. The molecule has 0 aromatic heterocycles. The summed E-state index contributed by atoms with van der Waals surface area (Å²) in [4.78, 5) is 0.164. The number of piperidine rings is 1. The van der Waals surface area contributed by atoms with E-state index in [0.29, 0.717) is 19.6 Å². The van der Waals surface area contributed by atoms with Gasteiger partial charge in [-0.25, -0.2) is 8.42 Å². The Bertz CT molecular complexity index is 930. The Kier molecular flexibility index (Phi) is 8.07. The number of ether oxygens (including phenoxy) is 2. The molecule has 3 rings (SSSR count). The zero-order valence-corrected chi connectivity index (χ0v) is 18.8. The molecule has 0 spiro atoms. The van der Waals surface area contributed by atoms with Crippen molar-refractivity contribution in [2.45, 2.75) is 42.7 Å². The molecule has 8 heteroatoms. The summed E-state index contributed by atoms with van der Waals surface area (Å²) in [6, 6.07) is 13.5. The molecule has 0 aliphatic carbocycles. The minimum atomic E-state index is -3.82. The number of hydrogen-bond donors (Lipinski definition) is 2. The molecule has 1 fully saturated rings. The van der Waals surface area contributed by atoms with Crippen molar-refractivity contribution in [2.24, 2.45) is 0 Å². The van der Waals surface area contributed by atoms with Crippen LogP contribution in [-0.2, 0) is 14.8 Å². The van der Waals surface area contributed by atoms with E-state index in [0.717, 1.165) is 23.3 Å². The Hall–Kier alpha value is -1.97. The van der Waals surface area contributed by atoms with E-state index in [2.05, 4.69) is 0 Å². The smallest absolute Gasteiger partial charge is 0.243 e. The molecule has 3 atom stereocenters. The Morgan fingerprint density at radius 2 is 1.74 bits per heavy atom. The fourth-order valence-electron chi connectivity index (χ4n) is 3.90. The first-order chi connectivity index (χ1) is 14.9. The molecule has 1 heterocycles. The van der Waals surface area contributed by atoms with Crippen molar-refractivity contribution in [1.29, 1.82) is 0 Å². The lowest BCUT2D eigenvalue weighted by Gasteiger charge is -2.40. The summed E-state index contributed by atoms with van der Waals surface area (Å²) in [5.74, 6) is 0.455. The summed E-state index contributed by atoms with van der Waals surface area (Å²) in [6.07, 6.45) is 0.247. The fourth-order valence-corrected chi connectivity index (χ4v) is 5.54. The maximum Gasteiger partial charge on any atom is 0.243 e. The Labute approximate surface area is 184 Å². The van der Waals surface area contributed by atoms with Crippen molar-refractivity contribution >= 4 is 10.0 Å². The topological polar surface area (TPSA) is 96.3 Å². The molecule has 0 saturated carbocycles. The van der Waals surface area contributed by atoms with Crippen molar-refractivity contribution in [1.82, 2.24) is 4.31 Å². The first-order valence-electron chi connectivity index (χ1n) is 10.5. The first-order valence-corrected chi connectivity index (χ1v) is 11.9. The van der Waals surface area contributed by atoms with Crippen LogP contribution in [0, 0.1) is 6.92 Å². The van der Waals surface area contributed by atoms with Gasteiger partial charge in [-0.1, -0.05) is 29.8 Å². The minimum Gasteiger partial charge on any atom is -0.494 e. The first kappa shape index (κ1) is 23.7. The maximum atomic E-state index is 13.1. The molecular formula is C23H31NO6S. The van der Waals surface area contributed by atoms with Crippen LogP contribution in [0.15, 0.2) is 53.4 Å². The summed E-state index contributed by atoms with van der Waals surface area (Å²) in [5.41, 5.74) is 1.85. The maximum absolute atomic E-state index is 13.1. The quantitative estimate of drug-likeness (QED) is 0.571. The van der Waals surface area contributed by atoms with Gasteiger partial charge in [0.25, 0.3) is 0 Å². The number of aliphatic hydroxyl groups excluding tert-OH is 2. The van der Waals surface area contributed by atoms with Crippen LogP contribution in [0.4, 0.5) is 0 Å². The zero-order chi connectivity index (χ0) is 22.4. The molecule has 7 nitrogen and oxygen atoms in total. The van der Waals surface area contributed by atoms with E-state index in [1.165, 1.54) is 4.31 Å². The van der Waals surface area contributed by atoms with E-state index in [9.17, 15) is 18.6 Å². The third-order valence-corrected chi connectivity index (χ3v) is 7.61. The Morgan fingerprint density at radius 3 is 2.35 bits per heavy atom. The number of benzene rings is 2. The summed E-state index contributed by atoms with van der Waals surface area (Å²) in [7, 11) is -2.17. The highest BCUT2D eigenvalue weighted by atomic mass is 32.2. The average molecular weight is 450 g/mol. The van der Waals surface area contributed by atoms with Crippen LogP contribution >= 0.6 is 0 Å². The largest absolute Gasteiger partial charge is 0.494 e. The van der Waals surface area contributed by atoms with Crippen LogP contribution in [0.3, 0.4) is 0 Å². The number of hydrogen-bond acceptors (Lipinski definition) is 6. The molecule has 170 valence electrons. The minimum absolute atomic E-state index is 0.0681. The van der Waals surface area contributed by atoms with Gasteiger partial charge in [0.05, 0.1) is 24.2 Å². The molecule has 1 aliphatic heterocycles. The summed E-state index contributed by atoms with van der Waals surface area (Å²) >= 11 is 0. The number of aryl methyl sites for hydroxylation is 1. The molecule has 0 radical (unpaired) electrons. The molecule has 0 unspecified atom stereocenters. The lowest BCUT2D eigenvalue weighted by atomic mass is 9.84. The van der Waals surface area contributed by atoms with Gasteiger partial charge in [-0.05, 0) is 43.2 Å². The van der Waals surface area contributed by atoms with Crippen molar-refractivity contribution in [3.05, 3.63) is 59.7 Å². The standard InChI is InChI=1S/C23H31NO6S/c1-17-4-10-21(11-5-17)31(27,28)24-15-23(26)22(14-19(24)16-25)18-6-8-20(9-7-18)30-13-3-12-29-2/h4-11,19,22-23,25-26H,3,12-16H2,1-2H3/t19-,22+,23-/m0/s1. The van der Waals surface area contributed by atoms with Gasteiger partial charge < -0.3 is 19.7 Å². The Balaban J connectivity index is 1.72. The molecule has 2 aromatic rings. The highest BCUT2D eigenvalue weighted by Gasteiger charge is 2.41. The number of rotatable bonds is 9. The van der Waals surface area contributed by atoms with Gasteiger partial charge >= 0.3 is 0 Å². The van der Waals surface area contributed by atoms with Crippen LogP contribution < -0.4 is 4.74 Å². The van der Waals surface area contributed by atoms with E-state index in [1.807, 2.05) is 31.2 Å². The van der Waals surface area contributed by atoms with E-state index in [4.69, 9.17) is 9.47 Å². The van der Waals surface area contributed by atoms with Crippen LogP contribution in [0.5, 0.6) is 5.75 Å². The molecule has 1 saturated heterocycles. The van der Waals surface area contributed by atoms with Gasteiger partial charge in [0, 0.05) is 38.6 Å². The number of nitrogens with zero attached hydrogens (tertiary/aromatic N) is 1. The Morgan fingerprint density at radius 1 is 1.06 bits per heavy atom. The van der Waals surface area contributed by atoms with Gasteiger partial charge in [0.1, 0.15) is 5.75 Å². The summed E-state index contributed by atoms with van der Waals surface area (Å²) in [5, 5.41) is 20.7. The van der Waals surface area contributed by atoms with Crippen LogP contribution in [0.2, 0.25) is 0 Å². The van der Waals surface area contributed by atoms with E-state index >= 15 is 0 Å².